The van der Waals surface area contributed by atoms with E-state index >= 15 is 0 Å². The molecule has 3 nitrogen and oxygen atoms in total. The Labute approximate surface area is 122 Å². The average molecular weight is 283 g/mol. The molecular weight excluding hydrogens is 269 g/mol. The van der Waals surface area contributed by atoms with Crippen LogP contribution in [0.4, 0.5) is 10.1 Å². The van der Waals surface area contributed by atoms with Crippen molar-refractivity contribution in [2.24, 2.45) is 0 Å². The van der Waals surface area contributed by atoms with Crippen LogP contribution in [0.1, 0.15) is 21.5 Å². The van der Waals surface area contributed by atoms with Gasteiger partial charge in [0, 0.05) is 11.3 Å². The molecule has 2 aromatic rings. The number of hydrogen-bond acceptors (Lipinski definition) is 2. The number of rotatable bonds is 2. The number of carbonyl (C=O) groups is 1. The van der Waals surface area contributed by atoms with Crippen LogP contribution in [0.25, 0.3) is 0 Å². The van der Waals surface area contributed by atoms with Gasteiger partial charge < -0.3 is 10.4 Å². The zero-order valence-electron chi connectivity index (χ0n) is 11.5. The van der Waals surface area contributed by atoms with Crippen LogP contribution in [0.5, 0.6) is 0 Å². The predicted molar refractivity (Wildman–Crippen MR) is 79.5 cm³/mol. The number of aliphatic hydroxyl groups is 1. The van der Waals surface area contributed by atoms with Crippen LogP contribution < -0.4 is 5.32 Å². The van der Waals surface area contributed by atoms with Crippen LogP contribution in [0.2, 0.25) is 0 Å². The molecule has 2 N–H and O–H groups in total. The van der Waals surface area contributed by atoms with Crippen molar-refractivity contribution >= 4 is 11.6 Å². The van der Waals surface area contributed by atoms with Crippen LogP contribution in [0.3, 0.4) is 0 Å². The quantitative estimate of drug-likeness (QED) is 0.833. The lowest BCUT2D eigenvalue weighted by atomic mass is 10.1. The molecule has 0 radical (unpaired) electrons. The predicted octanol–water partition coefficient (Wildman–Crippen LogP) is 2.73. The highest BCUT2D eigenvalue weighted by molar-refractivity contribution is 6.04. The van der Waals surface area contributed by atoms with Gasteiger partial charge in [-0.15, -0.1) is 0 Å². The molecule has 2 rings (SSSR count). The summed E-state index contributed by atoms with van der Waals surface area (Å²) in [5.41, 5.74) is 2.15. The highest BCUT2D eigenvalue weighted by Gasteiger charge is 2.11. The fourth-order valence-corrected chi connectivity index (χ4v) is 1.86. The maximum atomic E-state index is 13.5. The smallest absolute Gasteiger partial charge is 0.258 e. The number of aryl methyl sites for hydroxylation is 1. The van der Waals surface area contributed by atoms with E-state index < -0.39 is 11.7 Å². The Hall–Kier alpha value is -2.64. The molecule has 2 aromatic carbocycles. The zero-order valence-corrected chi connectivity index (χ0v) is 11.5. The van der Waals surface area contributed by atoms with Crippen LogP contribution >= 0.6 is 0 Å². The first-order valence-corrected chi connectivity index (χ1v) is 6.38. The van der Waals surface area contributed by atoms with Gasteiger partial charge in [0.25, 0.3) is 5.91 Å². The van der Waals surface area contributed by atoms with Gasteiger partial charge in [-0.25, -0.2) is 4.39 Å². The van der Waals surface area contributed by atoms with Gasteiger partial charge in [0.1, 0.15) is 12.4 Å². The Balaban J connectivity index is 2.20. The second-order valence-corrected chi connectivity index (χ2v) is 4.42. The van der Waals surface area contributed by atoms with Gasteiger partial charge >= 0.3 is 0 Å². The highest BCUT2D eigenvalue weighted by Crippen LogP contribution is 2.18. The lowest BCUT2D eigenvalue weighted by Crippen LogP contribution is -2.14. The van der Waals surface area contributed by atoms with Crippen molar-refractivity contribution in [1.29, 1.82) is 0 Å². The number of carbonyl (C=O) groups excluding carboxylic acids is 1. The molecule has 0 heterocycles. The van der Waals surface area contributed by atoms with Gasteiger partial charge in [-0.3, -0.25) is 4.79 Å². The molecule has 0 atom stereocenters. The minimum Gasteiger partial charge on any atom is -0.384 e. The summed E-state index contributed by atoms with van der Waals surface area (Å²) in [6.07, 6.45) is 0. The Morgan fingerprint density at radius 2 is 2.05 bits per heavy atom. The molecule has 0 aliphatic carbocycles. The molecule has 0 unspecified atom stereocenters. The third kappa shape index (κ3) is 3.68. The van der Waals surface area contributed by atoms with Crippen LogP contribution in [-0.2, 0) is 0 Å². The van der Waals surface area contributed by atoms with Crippen molar-refractivity contribution < 1.29 is 14.3 Å². The summed E-state index contributed by atoms with van der Waals surface area (Å²) < 4.78 is 13.5. The Bertz CT molecular complexity index is 729. The van der Waals surface area contributed by atoms with E-state index in [9.17, 15) is 9.18 Å². The minimum atomic E-state index is -0.557. The van der Waals surface area contributed by atoms with Crippen molar-refractivity contribution in [3.05, 3.63) is 65.0 Å². The first-order chi connectivity index (χ1) is 10.1. The average Bonchev–Trinajstić information content (AvgIpc) is 2.48. The number of halogens is 1. The molecule has 106 valence electrons. The summed E-state index contributed by atoms with van der Waals surface area (Å²) in [6, 6.07) is 11.0. The molecular formula is C17H14FNO2. The molecule has 0 saturated carbocycles. The maximum absolute atomic E-state index is 13.5. The third-order valence-electron chi connectivity index (χ3n) is 2.90. The van der Waals surface area contributed by atoms with Crippen molar-refractivity contribution in [3.63, 3.8) is 0 Å². The largest absolute Gasteiger partial charge is 0.384 e. The Kier molecular flexibility index (Phi) is 4.70. The van der Waals surface area contributed by atoms with E-state index in [0.717, 1.165) is 11.1 Å². The summed E-state index contributed by atoms with van der Waals surface area (Å²) in [5, 5.41) is 11.3. The lowest BCUT2D eigenvalue weighted by molar-refractivity contribution is 0.102. The highest BCUT2D eigenvalue weighted by atomic mass is 19.1. The topological polar surface area (TPSA) is 49.3 Å². The fourth-order valence-electron chi connectivity index (χ4n) is 1.86. The van der Waals surface area contributed by atoms with Crippen LogP contribution in [-0.4, -0.2) is 17.6 Å². The van der Waals surface area contributed by atoms with Crippen LogP contribution in [0.15, 0.2) is 42.5 Å². The number of hydrogen-bond donors (Lipinski definition) is 2. The number of amides is 1. The van der Waals surface area contributed by atoms with E-state index in [0.29, 0.717) is 5.69 Å². The molecule has 0 bridgehead atoms. The minimum absolute atomic E-state index is 0.000971. The summed E-state index contributed by atoms with van der Waals surface area (Å²) >= 11 is 0. The van der Waals surface area contributed by atoms with E-state index in [1.165, 1.54) is 18.2 Å². The Morgan fingerprint density at radius 3 is 2.71 bits per heavy atom. The molecule has 21 heavy (non-hydrogen) atoms. The van der Waals surface area contributed by atoms with Crippen molar-refractivity contribution in [1.82, 2.24) is 0 Å². The number of aliphatic hydroxyl groups excluding tert-OH is 1. The lowest BCUT2D eigenvalue weighted by Gasteiger charge is -2.09. The van der Waals surface area contributed by atoms with Gasteiger partial charge in [-0.05, 0) is 42.8 Å². The van der Waals surface area contributed by atoms with Crippen molar-refractivity contribution in [2.75, 3.05) is 11.9 Å². The fraction of sp³-hybridized carbons (Fsp3) is 0.118. The molecule has 0 saturated heterocycles. The molecule has 0 aromatic heterocycles. The van der Waals surface area contributed by atoms with Gasteiger partial charge in [-0.1, -0.05) is 24.0 Å². The van der Waals surface area contributed by atoms with Crippen LogP contribution in [0, 0.1) is 24.6 Å². The second kappa shape index (κ2) is 6.69. The number of benzene rings is 2. The van der Waals surface area contributed by atoms with E-state index in [2.05, 4.69) is 17.2 Å². The molecule has 0 spiro atoms. The van der Waals surface area contributed by atoms with E-state index in [1.807, 2.05) is 6.92 Å². The second-order valence-electron chi connectivity index (χ2n) is 4.42. The first-order valence-electron chi connectivity index (χ1n) is 6.38. The van der Waals surface area contributed by atoms with Gasteiger partial charge in [0.05, 0.1) is 5.56 Å². The summed E-state index contributed by atoms with van der Waals surface area (Å²) in [7, 11) is 0. The third-order valence-corrected chi connectivity index (χ3v) is 2.90. The number of nitrogens with one attached hydrogen (secondary N) is 1. The first kappa shape index (κ1) is 14.8. The molecule has 0 aliphatic heterocycles. The monoisotopic (exact) mass is 283 g/mol. The van der Waals surface area contributed by atoms with Gasteiger partial charge in [0.15, 0.2) is 0 Å². The summed E-state index contributed by atoms with van der Waals surface area (Å²) in [4.78, 5) is 12.0. The van der Waals surface area contributed by atoms with E-state index in [1.54, 1.807) is 24.3 Å². The molecule has 0 aliphatic rings. The van der Waals surface area contributed by atoms with Crippen molar-refractivity contribution in [2.45, 2.75) is 6.92 Å². The molecule has 0 fully saturated rings. The van der Waals surface area contributed by atoms with Crippen molar-refractivity contribution in [3.8, 4) is 11.8 Å². The summed E-state index contributed by atoms with van der Waals surface area (Å²) in [5.74, 6) is 4.29. The number of anilines is 1. The van der Waals surface area contributed by atoms with E-state index in [4.69, 9.17) is 5.11 Å². The normalized spacial score (nSPS) is 9.67. The van der Waals surface area contributed by atoms with E-state index in [-0.39, 0.29) is 12.2 Å². The standard InChI is InChI=1S/C17H14FNO2/c1-12-11-13(5-4-10-20)8-9-16(12)19-17(21)14-6-2-3-7-15(14)18/h2-3,6-9,11,20H,10H2,1H3,(H,19,21). The van der Waals surface area contributed by atoms with Gasteiger partial charge in [-0.2, -0.15) is 0 Å². The van der Waals surface area contributed by atoms with Gasteiger partial charge in [0.2, 0.25) is 0 Å². The molecule has 1 amide bonds. The zero-order chi connectivity index (χ0) is 15.2. The maximum Gasteiger partial charge on any atom is 0.258 e. The molecule has 4 heteroatoms. The SMILES string of the molecule is Cc1cc(C#CCO)ccc1NC(=O)c1ccccc1F. The summed E-state index contributed by atoms with van der Waals surface area (Å²) in [6.45, 7) is 1.62. The Morgan fingerprint density at radius 1 is 1.29 bits per heavy atom.